The number of amides is 2. The first-order chi connectivity index (χ1) is 11.6. The summed E-state index contributed by atoms with van der Waals surface area (Å²) >= 11 is 0. The summed E-state index contributed by atoms with van der Waals surface area (Å²) in [6.45, 7) is 6.36. The zero-order valence-corrected chi connectivity index (χ0v) is 14.4. The van der Waals surface area contributed by atoms with Crippen LogP contribution in [0.2, 0.25) is 0 Å². The Morgan fingerprint density at radius 2 is 1.76 bits per heavy atom. The van der Waals surface area contributed by atoms with Crippen LogP contribution in [0.1, 0.15) is 38.1 Å². The number of nitrogens with one attached hydrogen (secondary N) is 2. The minimum atomic E-state index is -1.03. The molecule has 0 saturated heterocycles. The number of nitro groups is 1. The van der Waals surface area contributed by atoms with Crippen LogP contribution in [0.4, 0.5) is 5.69 Å². The Morgan fingerprint density at radius 3 is 2.32 bits per heavy atom. The second kappa shape index (κ2) is 8.76. The van der Waals surface area contributed by atoms with Crippen LogP contribution in [0.15, 0.2) is 24.3 Å². The number of carbonyl (C=O) groups excluding carboxylic acids is 3. The van der Waals surface area contributed by atoms with Gasteiger partial charge in [0, 0.05) is 23.7 Å². The van der Waals surface area contributed by atoms with Gasteiger partial charge in [0.15, 0.2) is 6.10 Å². The maximum atomic E-state index is 12.1. The van der Waals surface area contributed by atoms with E-state index in [2.05, 4.69) is 10.6 Å². The van der Waals surface area contributed by atoms with Crippen LogP contribution in [-0.2, 0) is 14.3 Å². The van der Waals surface area contributed by atoms with Gasteiger partial charge in [0.1, 0.15) is 6.04 Å². The number of hydrogen-bond donors (Lipinski definition) is 2. The highest BCUT2D eigenvalue weighted by molar-refractivity contribution is 5.97. The van der Waals surface area contributed by atoms with Crippen molar-refractivity contribution in [3.8, 4) is 0 Å². The first-order valence-electron chi connectivity index (χ1n) is 7.68. The van der Waals surface area contributed by atoms with E-state index in [1.54, 1.807) is 13.8 Å². The molecule has 0 bridgehead atoms. The summed E-state index contributed by atoms with van der Waals surface area (Å²) in [5.74, 6) is -1.89. The zero-order chi connectivity index (χ0) is 19.1. The number of carbonyl (C=O) groups is 3. The summed E-state index contributed by atoms with van der Waals surface area (Å²) < 4.78 is 5.00. The van der Waals surface area contributed by atoms with E-state index in [1.165, 1.54) is 32.0 Å². The van der Waals surface area contributed by atoms with Crippen LogP contribution in [0.5, 0.6) is 0 Å². The van der Waals surface area contributed by atoms with Crippen molar-refractivity contribution in [2.45, 2.75) is 45.9 Å². The summed E-state index contributed by atoms with van der Waals surface area (Å²) in [5.41, 5.74) is -0.193. The van der Waals surface area contributed by atoms with E-state index in [0.29, 0.717) is 0 Å². The Morgan fingerprint density at radius 1 is 1.12 bits per heavy atom. The lowest BCUT2D eigenvalue weighted by Gasteiger charge is -2.18. The third-order valence-electron chi connectivity index (χ3n) is 3.11. The zero-order valence-electron chi connectivity index (χ0n) is 14.4. The highest BCUT2D eigenvalue weighted by atomic mass is 16.6. The molecule has 2 atom stereocenters. The number of ether oxygens (including phenoxy) is 1. The lowest BCUT2D eigenvalue weighted by molar-refractivity contribution is -0.384. The SMILES string of the molecule is CC(C)NC(=O)[C@H](C)OC(=O)[C@H](C)NC(=O)c1cccc([N+](=O)[O-])c1. The van der Waals surface area contributed by atoms with Gasteiger partial charge in [-0.3, -0.25) is 19.7 Å². The van der Waals surface area contributed by atoms with Gasteiger partial charge in [0.25, 0.3) is 17.5 Å². The molecule has 9 heteroatoms. The number of hydrogen-bond acceptors (Lipinski definition) is 6. The molecule has 1 aromatic carbocycles. The number of nitrogens with zero attached hydrogens (tertiary/aromatic N) is 1. The van der Waals surface area contributed by atoms with E-state index < -0.39 is 34.9 Å². The molecule has 25 heavy (non-hydrogen) atoms. The molecule has 1 rings (SSSR count). The van der Waals surface area contributed by atoms with E-state index in [9.17, 15) is 24.5 Å². The monoisotopic (exact) mass is 351 g/mol. The molecule has 0 heterocycles. The fourth-order valence-corrected chi connectivity index (χ4v) is 1.83. The quantitative estimate of drug-likeness (QED) is 0.431. The number of rotatable bonds is 7. The molecule has 2 N–H and O–H groups in total. The topological polar surface area (TPSA) is 128 Å². The van der Waals surface area contributed by atoms with Crippen molar-refractivity contribution in [1.29, 1.82) is 0 Å². The summed E-state index contributed by atoms with van der Waals surface area (Å²) in [6, 6.07) is 3.99. The highest BCUT2D eigenvalue weighted by Crippen LogP contribution is 2.13. The maximum Gasteiger partial charge on any atom is 0.329 e. The largest absolute Gasteiger partial charge is 0.451 e. The first-order valence-corrected chi connectivity index (χ1v) is 7.68. The lowest BCUT2D eigenvalue weighted by Crippen LogP contribution is -2.44. The highest BCUT2D eigenvalue weighted by Gasteiger charge is 2.24. The maximum absolute atomic E-state index is 12.1. The Hall–Kier alpha value is -2.97. The molecule has 2 amide bonds. The molecule has 0 aromatic heterocycles. The molecule has 0 aliphatic rings. The predicted octanol–water partition coefficient (Wildman–Crippen LogP) is 1.17. The molecule has 0 aliphatic carbocycles. The van der Waals surface area contributed by atoms with Crippen LogP contribution in [0, 0.1) is 10.1 Å². The van der Waals surface area contributed by atoms with Crippen LogP contribution < -0.4 is 10.6 Å². The fourth-order valence-electron chi connectivity index (χ4n) is 1.83. The Kier molecular flexibility index (Phi) is 7.04. The van der Waals surface area contributed by atoms with Crippen LogP contribution in [0.25, 0.3) is 0 Å². The molecule has 0 aliphatic heterocycles. The van der Waals surface area contributed by atoms with Crippen LogP contribution >= 0.6 is 0 Å². The van der Waals surface area contributed by atoms with Gasteiger partial charge in [-0.25, -0.2) is 4.79 Å². The van der Waals surface area contributed by atoms with E-state index >= 15 is 0 Å². The molecule has 1 aromatic rings. The lowest BCUT2D eigenvalue weighted by atomic mass is 10.2. The molecule has 0 fully saturated rings. The van der Waals surface area contributed by atoms with Crippen molar-refractivity contribution in [3.05, 3.63) is 39.9 Å². The average molecular weight is 351 g/mol. The molecular weight excluding hydrogens is 330 g/mol. The van der Waals surface area contributed by atoms with Gasteiger partial charge >= 0.3 is 5.97 Å². The summed E-state index contributed by atoms with van der Waals surface area (Å²) in [5, 5.41) is 15.7. The van der Waals surface area contributed by atoms with Gasteiger partial charge in [-0.05, 0) is 33.8 Å². The Labute approximate surface area is 144 Å². The van der Waals surface area contributed by atoms with Crippen molar-refractivity contribution in [1.82, 2.24) is 10.6 Å². The Bertz CT molecular complexity index is 674. The predicted molar refractivity (Wildman–Crippen MR) is 88.9 cm³/mol. The van der Waals surface area contributed by atoms with E-state index in [1.807, 2.05) is 0 Å². The van der Waals surface area contributed by atoms with Gasteiger partial charge < -0.3 is 15.4 Å². The molecule has 0 radical (unpaired) electrons. The molecule has 136 valence electrons. The molecule has 0 spiro atoms. The van der Waals surface area contributed by atoms with E-state index in [0.717, 1.165) is 6.07 Å². The fraction of sp³-hybridized carbons (Fsp3) is 0.438. The van der Waals surface area contributed by atoms with Crippen molar-refractivity contribution in [3.63, 3.8) is 0 Å². The summed E-state index contributed by atoms with van der Waals surface area (Å²) in [4.78, 5) is 45.9. The number of non-ortho nitro benzene ring substituents is 1. The smallest absolute Gasteiger partial charge is 0.329 e. The molecular formula is C16H21N3O6. The summed E-state index contributed by atoms with van der Waals surface area (Å²) in [6.07, 6.45) is -1.01. The van der Waals surface area contributed by atoms with Crippen LogP contribution in [0.3, 0.4) is 0 Å². The van der Waals surface area contributed by atoms with Crippen LogP contribution in [-0.4, -0.2) is 40.9 Å². The average Bonchev–Trinajstić information content (AvgIpc) is 2.53. The number of benzene rings is 1. The van der Waals surface area contributed by atoms with E-state index in [-0.39, 0.29) is 17.3 Å². The first kappa shape index (κ1) is 20.1. The summed E-state index contributed by atoms with van der Waals surface area (Å²) in [7, 11) is 0. The Balaban J connectivity index is 2.65. The van der Waals surface area contributed by atoms with Crippen molar-refractivity contribution >= 4 is 23.5 Å². The standard InChI is InChI=1S/C16H21N3O6/c1-9(2)17-14(20)11(4)25-16(22)10(3)18-15(21)12-6-5-7-13(8-12)19(23)24/h5-11H,1-4H3,(H,17,20)(H,18,21)/t10-,11-/m0/s1. The van der Waals surface area contributed by atoms with Gasteiger partial charge in [-0.1, -0.05) is 6.07 Å². The minimum Gasteiger partial charge on any atom is -0.451 e. The van der Waals surface area contributed by atoms with Crippen molar-refractivity contribution in [2.75, 3.05) is 0 Å². The second-order valence-electron chi connectivity index (χ2n) is 5.74. The van der Waals surface area contributed by atoms with Gasteiger partial charge in [-0.2, -0.15) is 0 Å². The minimum absolute atomic E-state index is 0.0412. The normalized spacial score (nSPS) is 12.8. The van der Waals surface area contributed by atoms with E-state index in [4.69, 9.17) is 4.74 Å². The van der Waals surface area contributed by atoms with Crippen molar-refractivity contribution in [2.24, 2.45) is 0 Å². The third-order valence-corrected chi connectivity index (χ3v) is 3.11. The van der Waals surface area contributed by atoms with Gasteiger partial charge in [0.2, 0.25) is 0 Å². The molecule has 9 nitrogen and oxygen atoms in total. The molecule has 0 saturated carbocycles. The molecule has 0 unspecified atom stereocenters. The number of nitro benzene ring substituents is 1. The third kappa shape index (κ3) is 6.21. The van der Waals surface area contributed by atoms with Crippen molar-refractivity contribution < 1.29 is 24.0 Å². The number of esters is 1. The van der Waals surface area contributed by atoms with Gasteiger partial charge in [-0.15, -0.1) is 0 Å². The second-order valence-corrected chi connectivity index (χ2v) is 5.74. The van der Waals surface area contributed by atoms with Gasteiger partial charge in [0.05, 0.1) is 4.92 Å².